The van der Waals surface area contributed by atoms with E-state index in [2.05, 4.69) is 12.2 Å². The Hall–Kier alpha value is -5.05. The van der Waals surface area contributed by atoms with Crippen LogP contribution in [0.1, 0.15) is 116 Å². The number of benzene rings is 3. The number of rotatable bonds is 17. The zero-order valence-corrected chi connectivity index (χ0v) is 32.5. The molecule has 0 bridgehead atoms. The number of hydrogen-bond acceptors (Lipinski definition) is 6. The van der Waals surface area contributed by atoms with Crippen molar-refractivity contribution in [2.24, 2.45) is 11.3 Å². The first-order valence-corrected chi connectivity index (χ1v) is 19.8. The van der Waals surface area contributed by atoms with Crippen LogP contribution in [0.3, 0.4) is 0 Å². The first-order valence-electron chi connectivity index (χ1n) is 19.8. The van der Waals surface area contributed by atoms with Crippen molar-refractivity contribution in [1.82, 2.24) is 0 Å². The molecule has 5 rings (SSSR count). The van der Waals surface area contributed by atoms with Crippen LogP contribution in [0.4, 0.5) is 13.2 Å². The molecule has 0 N–H and O–H groups in total. The molecule has 0 aromatic heterocycles. The van der Waals surface area contributed by atoms with Gasteiger partial charge < -0.3 is 9.47 Å². The largest absolute Gasteiger partial charge is 0.465 e. The lowest BCUT2D eigenvalue weighted by Gasteiger charge is -2.28. The number of esters is 2. The number of fused-ring (bicyclic) bond motifs is 1. The van der Waals surface area contributed by atoms with E-state index in [0.717, 1.165) is 54.5 Å². The number of carbonyl (C=O) groups excluding carboxylic acids is 4. The molecule has 9 heteroatoms. The molecule has 2 aliphatic rings. The quantitative estimate of drug-likeness (QED) is 0.100. The fourth-order valence-corrected chi connectivity index (χ4v) is 7.80. The molecule has 1 fully saturated rings. The molecule has 1 saturated carbocycles. The summed E-state index contributed by atoms with van der Waals surface area (Å²) in [6.07, 6.45) is 9.66. The van der Waals surface area contributed by atoms with E-state index >= 15 is 0 Å². The third kappa shape index (κ3) is 10.0. The lowest BCUT2D eigenvalue weighted by Crippen LogP contribution is -2.38. The summed E-state index contributed by atoms with van der Waals surface area (Å²) in [5, 5.41) is 0. The highest BCUT2D eigenvalue weighted by molar-refractivity contribution is 6.02. The lowest BCUT2D eigenvalue weighted by atomic mass is 9.81. The number of alkyl halides is 3. The van der Waals surface area contributed by atoms with Gasteiger partial charge in [0.15, 0.2) is 11.6 Å². The van der Waals surface area contributed by atoms with Crippen LogP contribution in [0, 0.1) is 11.3 Å². The van der Waals surface area contributed by atoms with Crippen molar-refractivity contribution in [1.29, 1.82) is 0 Å². The zero-order valence-electron chi connectivity index (χ0n) is 32.5. The van der Waals surface area contributed by atoms with Crippen LogP contribution in [0.15, 0.2) is 102 Å². The summed E-state index contributed by atoms with van der Waals surface area (Å²) in [6, 6.07) is 17.1. The average molecular weight is 769 g/mol. The Bertz CT molecular complexity index is 1990. The summed E-state index contributed by atoms with van der Waals surface area (Å²) in [6.45, 7) is 5.86. The maximum absolute atomic E-state index is 14.0. The molecule has 0 radical (unpaired) electrons. The van der Waals surface area contributed by atoms with Gasteiger partial charge in [0, 0.05) is 23.5 Å². The minimum atomic E-state index is -4.46. The summed E-state index contributed by atoms with van der Waals surface area (Å²) >= 11 is 0. The van der Waals surface area contributed by atoms with Crippen LogP contribution in [0.25, 0.3) is 11.1 Å². The Morgan fingerprint density at radius 1 is 0.893 bits per heavy atom. The summed E-state index contributed by atoms with van der Waals surface area (Å²) in [5.74, 6) is -1.26. The summed E-state index contributed by atoms with van der Waals surface area (Å²) in [4.78, 5) is 54.3. The molecule has 2 atom stereocenters. The molecule has 0 heterocycles. The van der Waals surface area contributed by atoms with Crippen molar-refractivity contribution in [3.8, 4) is 11.1 Å². The molecule has 0 amide bonds. The average Bonchev–Trinajstić information content (AvgIpc) is 3.52. The minimum Gasteiger partial charge on any atom is -0.465 e. The van der Waals surface area contributed by atoms with Gasteiger partial charge in [-0.1, -0.05) is 93.1 Å². The minimum absolute atomic E-state index is 0.00431. The van der Waals surface area contributed by atoms with Gasteiger partial charge in [-0.05, 0) is 110 Å². The highest BCUT2D eigenvalue weighted by atomic mass is 19.4. The van der Waals surface area contributed by atoms with E-state index in [9.17, 15) is 32.3 Å². The standard InChI is InChI=1S/C47H51F3O6/c1-4-14-33(5-2)44(53)40-29-32(30-43(52)56-31-46(45(54)55-6-3)28-27-36-15-9-7-8-10-19-41(36)46)21-22-34(40)16-13-20-42(51)39-18-12-11-17-38(39)35-23-25-37(26-24-35)47(48,49)50/h7,9,11-12,15,17-19,21-26,29,33H,4-6,8,10,13-14,16,20,27-28,30-31H2,1-3H3. The predicted octanol–water partition coefficient (Wildman–Crippen LogP) is 11.2. The van der Waals surface area contributed by atoms with Gasteiger partial charge in [0.05, 0.1) is 18.6 Å². The molecular weight excluding hydrogens is 718 g/mol. The number of Topliss-reactive ketones (excluding diaryl/α,β-unsaturated/α-hetero) is 2. The second-order valence-electron chi connectivity index (χ2n) is 14.6. The van der Waals surface area contributed by atoms with Crippen LogP contribution in [0.5, 0.6) is 0 Å². The van der Waals surface area contributed by atoms with Gasteiger partial charge in [-0.2, -0.15) is 13.2 Å². The van der Waals surface area contributed by atoms with Crippen LogP contribution in [-0.2, 0) is 38.1 Å². The number of carbonyl (C=O) groups is 4. The predicted molar refractivity (Wildman–Crippen MR) is 211 cm³/mol. The zero-order chi connectivity index (χ0) is 40.3. The van der Waals surface area contributed by atoms with Gasteiger partial charge in [0.2, 0.25) is 0 Å². The monoisotopic (exact) mass is 768 g/mol. The van der Waals surface area contributed by atoms with Crippen LogP contribution >= 0.6 is 0 Å². The molecule has 3 aromatic rings. The highest BCUT2D eigenvalue weighted by Crippen LogP contribution is 2.48. The molecule has 6 nitrogen and oxygen atoms in total. The second kappa shape index (κ2) is 19.2. The number of hydrogen-bond donors (Lipinski definition) is 0. The molecule has 2 aliphatic carbocycles. The van der Waals surface area contributed by atoms with Gasteiger partial charge in [-0.15, -0.1) is 0 Å². The first-order chi connectivity index (χ1) is 26.9. The Morgan fingerprint density at radius 3 is 2.38 bits per heavy atom. The van der Waals surface area contributed by atoms with Gasteiger partial charge in [0.1, 0.15) is 12.0 Å². The third-order valence-electron chi connectivity index (χ3n) is 10.8. The van der Waals surface area contributed by atoms with Gasteiger partial charge in [-0.3, -0.25) is 19.2 Å². The normalized spacial score (nSPS) is 17.2. The van der Waals surface area contributed by atoms with E-state index in [1.54, 1.807) is 43.3 Å². The molecular formula is C47H51F3O6. The van der Waals surface area contributed by atoms with Crippen LogP contribution < -0.4 is 0 Å². The molecule has 3 aromatic carbocycles. The van der Waals surface area contributed by atoms with Crippen molar-refractivity contribution < 1.29 is 41.8 Å². The van der Waals surface area contributed by atoms with Gasteiger partial charge >= 0.3 is 18.1 Å². The Morgan fingerprint density at radius 2 is 1.66 bits per heavy atom. The Kier molecular flexibility index (Phi) is 14.4. The molecule has 0 spiro atoms. The summed E-state index contributed by atoms with van der Waals surface area (Å²) in [5.41, 5.74) is 3.49. The lowest BCUT2D eigenvalue weighted by molar-refractivity contribution is -0.160. The molecule has 56 heavy (non-hydrogen) atoms. The maximum Gasteiger partial charge on any atom is 0.416 e. The number of halogens is 3. The number of ketones is 2. The van der Waals surface area contributed by atoms with E-state index in [0.29, 0.717) is 59.9 Å². The third-order valence-corrected chi connectivity index (χ3v) is 10.8. The number of aryl methyl sites for hydroxylation is 1. The van der Waals surface area contributed by atoms with Crippen molar-refractivity contribution in [3.05, 3.63) is 130 Å². The first kappa shape index (κ1) is 42.1. The molecule has 296 valence electrons. The fraction of sp³-hybridized carbons (Fsp3) is 0.404. The summed E-state index contributed by atoms with van der Waals surface area (Å²) in [7, 11) is 0. The fourth-order valence-electron chi connectivity index (χ4n) is 7.80. The van der Waals surface area contributed by atoms with Crippen molar-refractivity contribution in [3.63, 3.8) is 0 Å². The maximum atomic E-state index is 14.0. The van der Waals surface area contributed by atoms with Crippen molar-refractivity contribution >= 4 is 23.5 Å². The van der Waals surface area contributed by atoms with E-state index in [-0.39, 0.29) is 43.5 Å². The van der Waals surface area contributed by atoms with Gasteiger partial charge in [-0.25, -0.2) is 0 Å². The number of ether oxygens (including phenoxy) is 2. The topological polar surface area (TPSA) is 86.7 Å². The molecule has 2 unspecified atom stereocenters. The molecule has 0 saturated heterocycles. The van der Waals surface area contributed by atoms with E-state index in [4.69, 9.17) is 9.47 Å². The van der Waals surface area contributed by atoms with Crippen molar-refractivity contribution in [2.45, 2.75) is 97.6 Å². The SMILES string of the molecule is CCCC(CC)C(=O)c1cc(CC(=O)OCC2(C(=O)OCC)CCC3=CC=CCCC=C32)ccc1CCCC(=O)c1ccccc1-c1ccc(C(F)(F)F)cc1. The van der Waals surface area contributed by atoms with Crippen LogP contribution in [0.2, 0.25) is 0 Å². The van der Waals surface area contributed by atoms with E-state index in [1.807, 2.05) is 32.1 Å². The van der Waals surface area contributed by atoms with E-state index < -0.39 is 29.1 Å². The summed E-state index contributed by atoms with van der Waals surface area (Å²) < 4.78 is 50.9. The van der Waals surface area contributed by atoms with E-state index in [1.165, 1.54) is 12.1 Å². The molecule has 0 aliphatic heterocycles. The smallest absolute Gasteiger partial charge is 0.416 e. The van der Waals surface area contributed by atoms with Crippen LogP contribution in [-0.4, -0.2) is 36.7 Å². The van der Waals surface area contributed by atoms with Crippen molar-refractivity contribution in [2.75, 3.05) is 13.2 Å². The second-order valence-corrected chi connectivity index (χ2v) is 14.6. The Labute approximate surface area is 327 Å². The Balaban J connectivity index is 1.31. The highest BCUT2D eigenvalue weighted by Gasteiger charge is 2.49. The van der Waals surface area contributed by atoms with Gasteiger partial charge in [0.25, 0.3) is 0 Å². The number of allylic oxidation sites excluding steroid dienone is 5.